The van der Waals surface area contributed by atoms with Crippen LogP contribution in [0.3, 0.4) is 0 Å². The van der Waals surface area contributed by atoms with Crippen molar-refractivity contribution in [2.75, 3.05) is 5.01 Å². The van der Waals surface area contributed by atoms with Crippen LogP contribution in [0.5, 0.6) is 0 Å². The van der Waals surface area contributed by atoms with Crippen molar-refractivity contribution in [3.63, 3.8) is 0 Å². The number of hydrogen-bond donors (Lipinski definition) is 2. The van der Waals surface area contributed by atoms with Gasteiger partial charge in [-0.15, -0.1) is 11.3 Å². The molecule has 4 nitrogen and oxygen atoms in total. The molecule has 10 heavy (non-hydrogen) atoms. The number of nitrogens with zero attached hydrogens (tertiary/aromatic N) is 1. The van der Waals surface area contributed by atoms with Crippen LogP contribution in [0, 0.1) is 0 Å². The van der Waals surface area contributed by atoms with Gasteiger partial charge in [0.15, 0.2) is 0 Å². The molecular formula is C5H6N2O2S. The standard InChI is InChI=1S/C5H6N2O2S/c6-7(5(8)9)4-2-1-3-10-4/h1-3H,6H2,(H,8,9). The number of rotatable bonds is 1. The number of carboxylic acid groups (broad SMARTS) is 1. The Morgan fingerprint density at radius 3 is 2.90 bits per heavy atom. The second-order valence-corrected chi connectivity index (χ2v) is 2.53. The van der Waals surface area contributed by atoms with Gasteiger partial charge >= 0.3 is 6.09 Å². The Labute approximate surface area is 61.5 Å². The molecule has 3 N–H and O–H groups in total. The van der Waals surface area contributed by atoms with Gasteiger partial charge in [0, 0.05) is 0 Å². The highest BCUT2D eigenvalue weighted by Gasteiger charge is 2.08. The van der Waals surface area contributed by atoms with Crippen LogP contribution < -0.4 is 10.9 Å². The fourth-order valence-corrected chi connectivity index (χ4v) is 1.15. The lowest BCUT2D eigenvalue weighted by Crippen LogP contribution is -2.35. The van der Waals surface area contributed by atoms with Gasteiger partial charge in [-0.3, -0.25) is 0 Å². The van der Waals surface area contributed by atoms with Gasteiger partial charge in [0.25, 0.3) is 0 Å². The molecule has 0 unspecified atom stereocenters. The molecule has 0 radical (unpaired) electrons. The lowest BCUT2D eigenvalue weighted by atomic mass is 10.6. The topological polar surface area (TPSA) is 66.6 Å². The summed E-state index contributed by atoms with van der Waals surface area (Å²) in [6, 6.07) is 3.38. The van der Waals surface area contributed by atoms with Gasteiger partial charge < -0.3 is 5.11 Å². The number of carbonyl (C=O) groups is 1. The molecule has 0 spiro atoms. The molecule has 0 fully saturated rings. The summed E-state index contributed by atoms with van der Waals surface area (Å²) in [5.74, 6) is 5.13. The molecule has 0 saturated carbocycles. The summed E-state index contributed by atoms with van der Waals surface area (Å²) < 4.78 is 0. The normalized spacial score (nSPS) is 9.30. The van der Waals surface area contributed by atoms with E-state index in [-0.39, 0.29) is 0 Å². The van der Waals surface area contributed by atoms with Crippen molar-refractivity contribution >= 4 is 22.4 Å². The van der Waals surface area contributed by atoms with Crippen LogP contribution in [-0.4, -0.2) is 11.2 Å². The molecule has 1 amide bonds. The van der Waals surface area contributed by atoms with Gasteiger partial charge in [-0.2, -0.15) is 0 Å². The second kappa shape index (κ2) is 2.68. The summed E-state index contributed by atoms with van der Waals surface area (Å²) in [5, 5.41) is 11.3. The van der Waals surface area contributed by atoms with Crippen molar-refractivity contribution in [3.8, 4) is 0 Å². The van der Waals surface area contributed by atoms with E-state index in [9.17, 15) is 4.79 Å². The molecule has 0 aliphatic carbocycles. The Balaban J connectivity index is 2.77. The van der Waals surface area contributed by atoms with Crippen molar-refractivity contribution < 1.29 is 9.90 Å². The van der Waals surface area contributed by atoms with E-state index in [1.807, 2.05) is 0 Å². The number of hydrogen-bond acceptors (Lipinski definition) is 3. The van der Waals surface area contributed by atoms with E-state index in [4.69, 9.17) is 10.9 Å². The van der Waals surface area contributed by atoms with Crippen LogP contribution in [0.25, 0.3) is 0 Å². The van der Waals surface area contributed by atoms with Crippen molar-refractivity contribution in [3.05, 3.63) is 17.5 Å². The Kier molecular flexibility index (Phi) is 1.88. The number of hydrazine groups is 1. The first-order valence-corrected chi connectivity index (χ1v) is 3.41. The second-order valence-electron chi connectivity index (χ2n) is 1.60. The third kappa shape index (κ3) is 1.26. The highest BCUT2D eigenvalue weighted by Crippen LogP contribution is 2.17. The van der Waals surface area contributed by atoms with Crippen LogP contribution in [0.4, 0.5) is 9.80 Å². The number of nitrogens with two attached hydrogens (primary N) is 1. The van der Waals surface area contributed by atoms with E-state index < -0.39 is 6.09 Å². The molecule has 0 aliphatic heterocycles. The minimum absolute atomic E-state index is 0.521. The van der Waals surface area contributed by atoms with Gasteiger partial charge in [0.2, 0.25) is 0 Å². The predicted octanol–water partition coefficient (Wildman–Crippen LogP) is 1.11. The Bertz CT molecular complexity index is 222. The van der Waals surface area contributed by atoms with Gasteiger partial charge in [-0.25, -0.2) is 15.6 Å². The highest BCUT2D eigenvalue weighted by molar-refractivity contribution is 7.14. The van der Waals surface area contributed by atoms with Crippen molar-refractivity contribution in [1.29, 1.82) is 0 Å². The maximum Gasteiger partial charge on any atom is 0.427 e. The summed E-state index contributed by atoms with van der Waals surface area (Å²) in [6.45, 7) is 0. The zero-order valence-electron chi connectivity index (χ0n) is 5.02. The molecule has 0 bridgehead atoms. The predicted molar refractivity (Wildman–Crippen MR) is 39.0 cm³/mol. The van der Waals surface area contributed by atoms with Gasteiger partial charge in [-0.05, 0) is 17.5 Å². The van der Waals surface area contributed by atoms with E-state index in [0.717, 1.165) is 0 Å². The molecule has 1 heterocycles. The summed E-state index contributed by atoms with van der Waals surface area (Å²) in [5.41, 5.74) is 0. The van der Waals surface area contributed by atoms with Gasteiger partial charge in [0.1, 0.15) is 5.00 Å². The van der Waals surface area contributed by atoms with Crippen molar-refractivity contribution in [2.24, 2.45) is 5.84 Å². The number of anilines is 1. The summed E-state index contributed by atoms with van der Waals surface area (Å²) in [7, 11) is 0. The zero-order chi connectivity index (χ0) is 7.56. The smallest absolute Gasteiger partial charge is 0.427 e. The molecule has 0 aromatic carbocycles. The van der Waals surface area contributed by atoms with Crippen LogP contribution in [0.15, 0.2) is 17.5 Å². The molecule has 1 aromatic heterocycles. The van der Waals surface area contributed by atoms with E-state index >= 15 is 0 Å². The average Bonchev–Trinajstić information content (AvgIpc) is 2.36. The van der Waals surface area contributed by atoms with E-state index in [1.165, 1.54) is 11.3 Å². The van der Waals surface area contributed by atoms with Crippen LogP contribution in [-0.2, 0) is 0 Å². The Hall–Kier alpha value is -1.07. The van der Waals surface area contributed by atoms with Crippen LogP contribution in [0.2, 0.25) is 0 Å². The minimum Gasteiger partial charge on any atom is -0.464 e. The van der Waals surface area contributed by atoms with E-state index in [1.54, 1.807) is 17.5 Å². The molecular weight excluding hydrogens is 152 g/mol. The van der Waals surface area contributed by atoms with Crippen LogP contribution in [0.1, 0.15) is 0 Å². The average molecular weight is 158 g/mol. The first-order valence-electron chi connectivity index (χ1n) is 2.53. The molecule has 1 aromatic rings. The van der Waals surface area contributed by atoms with E-state index in [2.05, 4.69) is 0 Å². The number of thiophene rings is 1. The van der Waals surface area contributed by atoms with Crippen molar-refractivity contribution in [2.45, 2.75) is 0 Å². The van der Waals surface area contributed by atoms with E-state index in [0.29, 0.717) is 10.0 Å². The quantitative estimate of drug-likeness (QED) is 0.365. The van der Waals surface area contributed by atoms with Crippen molar-refractivity contribution in [1.82, 2.24) is 0 Å². The molecule has 0 saturated heterocycles. The first kappa shape index (κ1) is 7.04. The molecule has 0 aliphatic rings. The highest BCUT2D eigenvalue weighted by atomic mass is 32.1. The maximum absolute atomic E-state index is 10.2. The SMILES string of the molecule is NN(C(=O)O)c1cccs1. The maximum atomic E-state index is 10.2. The van der Waals surface area contributed by atoms with Gasteiger partial charge in [-0.1, -0.05) is 0 Å². The Morgan fingerprint density at radius 1 is 1.80 bits per heavy atom. The summed E-state index contributed by atoms with van der Waals surface area (Å²) in [6.07, 6.45) is -1.15. The van der Waals surface area contributed by atoms with Gasteiger partial charge in [0.05, 0.1) is 0 Å². The third-order valence-electron chi connectivity index (χ3n) is 0.950. The first-order chi connectivity index (χ1) is 4.72. The Morgan fingerprint density at radius 2 is 2.50 bits per heavy atom. The van der Waals surface area contributed by atoms with Crippen LogP contribution >= 0.6 is 11.3 Å². The number of amides is 1. The largest absolute Gasteiger partial charge is 0.464 e. The third-order valence-corrected chi connectivity index (χ3v) is 1.82. The summed E-state index contributed by atoms with van der Waals surface area (Å²) in [4.78, 5) is 10.2. The molecule has 0 atom stereocenters. The summed E-state index contributed by atoms with van der Waals surface area (Å²) >= 11 is 1.28. The zero-order valence-corrected chi connectivity index (χ0v) is 5.84. The lowest BCUT2D eigenvalue weighted by molar-refractivity contribution is 0.202. The molecule has 5 heteroatoms. The molecule has 1 rings (SSSR count). The lowest BCUT2D eigenvalue weighted by Gasteiger charge is -2.07. The minimum atomic E-state index is -1.15. The fourth-order valence-electron chi connectivity index (χ4n) is 0.501. The fraction of sp³-hybridized carbons (Fsp3) is 0. The monoisotopic (exact) mass is 158 g/mol. The molecule has 54 valence electrons.